The fourth-order valence-electron chi connectivity index (χ4n) is 2.32. The molecule has 0 saturated carbocycles. The van der Waals surface area contributed by atoms with Crippen molar-refractivity contribution in [2.24, 2.45) is 5.92 Å². The lowest BCUT2D eigenvalue weighted by Crippen LogP contribution is -2.26. The first-order valence-electron chi connectivity index (χ1n) is 7.37. The molecule has 1 aromatic carbocycles. The first kappa shape index (κ1) is 15.3. The molecule has 0 fully saturated rings. The number of amides is 1. The molecule has 0 aliphatic heterocycles. The van der Waals surface area contributed by atoms with E-state index in [0.717, 1.165) is 29.8 Å². The second-order valence-corrected chi connectivity index (χ2v) is 5.81. The topological polar surface area (TPSA) is 46.9 Å². The molecule has 112 valence electrons. The SMILES string of the molecule is C=C(C)C(=O)NCCc1nc2ccccc2n1CC(C)C. The number of hydrogen-bond donors (Lipinski definition) is 1. The molecule has 21 heavy (non-hydrogen) atoms. The number of para-hydroxylation sites is 2. The van der Waals surface area contributed by atoms with Crippen molar-refractivity contribution >= 4 is 16.9 Å². The van der Waals surface area contributed by atoms with Crippen LogP contribution in [0.2, 0.25) is 0 Å². The summed E-state index contributed by atoms with van der Waals surface area (Å²) in [5.41, 5.74) is 2.71. The highest BCUT2D eigenvalue weighted by molar-refractivity contribution is 5.92. The normalized spacial score (nSPS) is 11.0. The first-order chi connectivity index (χ1) is 9.99. The van der Waals surface area contributed by atoms with Gasteiger partial charge in [-0.2, -0.15) is 0 Å². The smallest absolute Gasteiger partial charge is 0.246 e. The molecule has 0 unspecified atom stereocenters. The Morgan fingerprint density at radius 1 is 1.38 bits per heavy atom. The van der Waals surface area contributed by atoms with Crippen LogP contribution in [0, 0.1) is 5.92 Å². The predicted octanol–water partition coefficient (Wildman–Crippen LogP) is 2.93. The van der Waals surface area contributed by atoms with Gasteiger partial charge in [0, 0.05) is 25.1 Å². The van der Waals surface area contributed by atoms with E-state index in [-0.39, 0.29) is 5.91 Å². The van der Waals surface area contributed by atoms with Gasteiger partial charge in [-0.15, -0.1) is 0 Å². The van der Waals surface area contributed by atoms with E-state index in [0.29, 0.717) is 18.0 Å². The minimum absolute atomic E-state index is 0.0958. The third kappa shape index (κ3) is 3.72. The van der Waals surface area contributed by atoms with E-state index in [1.165, 1.54) is 0 Å². The van der Waals surface area contributed by atoms with Gasteiger partial charge in [0.05, 0.1) is 11.0 Å². The predicted molar refractivity (Wildman–Crippen MR) is 86.1 cm³/mol. The Morgan fingerprint density at radius 3 is 2.76 bits per heavy atom. The van der Waals surface area contributed by atoms with Crippen LogP contribution in [0.25, 0.3) is 11.0 Å². The molecule has 0 atom stereocenters. The van der Waals surface area contributed by atoms with Gasteiger partial charge in [0.25, 0.3) is 0 Å². The van der Waals surface area contributed by atoms with Crippen LogP contribution in [-0.2, 0) is 17.8 Å². The van der Waals surface area contributed by atoms with Gasteiger partial charge >= 0.3 is 0 Å². The lowest BCUT2D eigenvalue weighted by Gasteiger charge is -2.12. The van der Waals surface area contributed by atoms with E-state index in [1.807, 2.05) is 18.2 Å². The van der Waals surface area contributed by atoms with Gasteiger partial charge in [-0.05, 0) is 25.0 Å². The molecule has 0 saturated heterocycles. The van der Waals surface area contributed by atoms with E-state index in [2.05, 4.69) is 36.4 Å². The zero-order chi connectivity index (χ0) is 15.4. The maximum absolute atomic E-state index is 11.5. The lowest BCUT2D eigenvalue weighted by molar-refractivity contribution is -0.117. The molecular formula is C17H23N3O. The summed E-state index contributed by atoms with van der Waals surface area (Å²) in [5.74, 6) is 1.47. The Balaban J connectivity index is 2.18. The number of benzene rings is 1. The van der Waals surface area contributed by atoms with Gasteiger partial charge in [-0.25, -0.2) is 4.98 Å². The number of hydrogen-bond acceptors (Lipinski definition) is 2. The minimum Gasteiger partial charge on any atom is -0.352 e. The van der Waals surface area contributed by atoms with Crippen LogP contribution < -0.4 is 5.32 Å². The summed E-state index contributed by atoms with van der Waals surface area (Å²) >= 11 is 0. The number of rotatable bonds is 6. The van der Waals surface area contributed by atoms with Crippen LogP contribution in [0.1, 0.15) is 26.6 Å². The Hall–Kier alpha value is -2.10. The number of carbonyl (C=O) groups excluding carboxylic acids is 1. The third-order valence-corrected chi connectivity index (χ3v) is 3.30. The van der Waals surface area contributed by atoms with Crippen molar-refractivity contribution in [2.45, 2.75) is 33.7 Å². The summed E-state index contributed by atoms with van der Waals surface area (Å²) < 4.78 is 2.26. The second-order valence-electron chi connectivity index (χ2n) is 5.81. The van der Waals surface area contributed by atoms with Crippen molar-refractivity contribution in [1.82, 2.24) is 14.9 Å². The van der Waals surface area contributed by atoms with Crippen LogP contribution in [0.15, 0.2) is 36.4 Å². The molecule has 0 radical (unpaired) electrons. The quantitative estimate of drug-likeness (QED) is 0.830. The molecule has 0 aliphatic rings. The summed E-state index contributed by atoms with van der Waals surface area (Å²) in [6, 6.07) is 8.16. The number of aromatic nitrogens is 2. The molecule has 2 aromatic rings. The molecule has 4 nitrogen and oxygen atoms in total. The van der Waals surface area contributed by atoms with Crippen molar-refractivity contribution in [3.05, 3.63) is 42.2 Å². The molecular weight excluding hydrogens is 262 g/mol. The van der Waals surface area contributed by atoms with Crippen LogP contribution >= 0.6 is 0 Å². The van der Waals surface area contributed by atoms with Gasteiger partial charge in [-0.1, -0.05) is 32.6 Å². The van der Waals surface area contributed by atoms with Crippen molar-refractivity contribution in [1.29, 1.82) is 0 Å². The monoisotopic (exact) mass is 285 g/mol. The van der Waals surface area contributed by atoms with Gasteiger partial charge in [0.2, 0.25) is 5.91 Å². The van der Waals surface area contributed by atoms with Crippen molar-refractivity contribution < 1.29 is 4.79 Å². The maximum Gasteiger partial charge on any atom is 0.246 e. The average molecular weight is 285 g/mol. The van der Waals surface area contributed by atoms with Gasteiger partial charge in [0.1, 0.15) is 5.82 Å². The fraction of sp³-hybridized carbons (Fsp3) is 0.412. The molecule has 0 aliphatic carbocycles. The number of carbonyl (C=O) groups is 1. The highest BCUT2D eigenvalue weighted by Crippen LogP contribution is 2.18. The van der Waals surface area contributed by atoms with E-state index >= 15 is 0 Å². The van der Waals surface area contributed by atoms with Gasteiger partial charge < -0.3 is 9.88 Å². The highest BCUT2D eigenvalue weighted by Gasteiger charge is 2.11. The summed E-state index contributed by atoms with van der Waals surface area (Å²) in [5, 5.41) is 2.86. The van der Waals surface area contributed by atoms with Crippen LogP contribution in [-0.4, -0.2) is 22.0 Å². The first-order valence-corrected chi connectivity index (χ1v) is 7.37. The van der Waals surface area contributed by atoms with Crippen molar-refractivity contribution in [3.8, 4) is 0 Å². The molecule has 1 N–H and O–H groups in total. The zero-order valence-corrected chi connectivity index (χ0v) is 13.0. The zero-order valence-electron chi connectivity index (χ0n) is 13.0. The van der Waals surface area contributed by atoms with Crippen molar-refractivity contribution in [2.75, 3.05) is 6.54 Å². The summed E-state index contributed by atoms with van der Waals surface area (Å²) in [6.45, 7) is 11.3. The Morgan fingerprint density at radius 2 is 2.10 bits per heavy atom. The van der Waals surface area contributed by atoms with Crippen molar-refractivity contribution in [3.63, 3.8) is 0 Å². The van der Waals surface area contributed by atoms with Gasteiger partial charge in [-0.3, -0.25) is 4.79 Å². The Bertz CT molecular complexity index is 655. The Kier molecular flexibility index (Phi) is 4.78. The summed E-state index contributed by atoms with van der Waals surface area (Å²) in [6.07, 6.45) is 0.723. The molecule has 0 bridgehead atoms. The van der Waals surface area contributed by atoms with Crippen LogP contribution in [0.5, 0.6) is 0 Å². The average Bonchev–Trinajstić information content (AvgIpc) is 2.76. The third-order valence-electron chi connectivity index (χ3n) is 3.30. The lowest BCUT2D eigenvalue weighted by atomic mass is 10.2. The Labute approximate surface area is 125 Å². The van der Waals surface area contributed by atoms with E-state index in [9.17, 15) is 4.79 Å². The van der Waals surface area contributed by atoms with E-state index in [1.54, 1.807) is 6.92 Å². The number of fused-ring (bicyclic) bond motifs is 1. The van der Waals surface area contributed by atoms with Gasteiger partial charge in [0.15, 0.2) is 0 Å². The maximum atomic E-state index is 11.5. The highest BCUT2D eigenvalue weighted by atomic mass is 16.1. The molecule has 0 spiro atoms. The molecule has 1 amide bonds. The number of nitrogens with one attached hydrogen (secondary N) is 1. The fourth-order valence-corrected chi connectivity index (χ4v) is 2.32. The molecule has 1 aromatic heterocycles. The number of nitrogens with zero attached hydrogens (tertiary/aromatic N) is 2. The molecule has 4 heteroatoms. The van der Waals surface area contributed by atoms with E-state index < -0.39 is 0 Å². The molecule has 1 heterocycles. The summed E-state index contributed by atoms with van der Waals surface area (Å²) in [4.78, 5) is 16.2. The van der Waals surface area contributed by atoms with Crippen LogP contribution in [0.3, 0.4) is 0 Å². The van der Waals surface area contributed by atoms with E-state index in [4.69, 9.17) is 4.98 Å². The minimum atomic E-state index is -0.0958. The largest absolute Gasteiger partial charge is 0.352 e. The summed E-state index contributed by atoms with van der Waals surface area (Å²) in [7, 11) is 0. The second kappa shape index (κ2) is 6.57. The van der Waals surface area contributed by atoms with Crippen LogP contribution in [0.4, 0.5) is 0 Å². The molecule has 2 rings (SSSR count). The number of imidazole rings is 1. The standard InChI is InChI=1S/C17H23N3O/c1-12(2)11-20-15-8-6-5-7-14(15)19-16(20)9-10-18-17(21)13(3)4/h5-8,12H,3,9-11H2,1-2,4H3,(H,18,21).